The lowest BCUT2D eigenvalue weighted by atomic mass is 9.87. The summed E-state index contributed by atoms with van der Waals surface area (Å²) in [5, 5.41) is 5.57. The second-order valence-corrected chi connectivity index (χ2v) is 6.81. The van der Waals surface area contributed by atoms with Crippen LogP contribution in [0.25, 0.3) is 0 Å². The van der Waals surface area contributed by atoms with Gasteiger partial charge < -0.3 is 15.0 Å². The maximum absolute atomic E-state index is 12.7. The van der Waals surface area contributed by atoms with E-state index in [1.807, 2.05) is 6.07 Å². The molecular weight excluding hydrogens is 334 g/mol. The number of halogens is 1. The van der Waals surface area contributed by atoms with Crippen LogP contribution in [0.5, 0.6) is 5.75 Å². The molecule has 2 N–H and O–H groups in total. The molecule has 126 valence electrons. The monoisotopic (exact) mass is 349 g/mol. The first-order valence-electron chi connectivity index (χ1n) is 7.84. The third kappa shape index (κ3) is 2.39. The lowest BCUT2D eigenvalue weighted by molar-refractivity contribution is -0.141. The predicted octanol–water partition coefficient (Wildman–Crippen LogP) is 0.844. The van der Waals surface area contributed by atoms with Gasteiger partial charge in [-0.05, 0) is 36.6 Å². The SMILES string of the molecule is O=C1NC(=O)C2(CCN(C(=O)[C@@H]3Cc4cc(Cl)ccc4O3)CC2)N1. The van der Waals surface area contributed by atoms with Gasteiger partial charge in [-0.1, -0.05) is 11.6 Å². The van der Waals surface area contributed by atoms with Crippen LogP contribution in [0.3, 0.4) is 0 Å². The van der Waals surface area contributed by atoms with Crippen molar-refractivity contribution in [3.05, 3.63) is 28.8 Å². The van der Waals surface area contributed by atoms with Crippen molar-refractivity contribution in [2.75, 3.05) is 13.1 Å². The van der Waals surface area contributed by atoms with Crippen molar-refractivity contribution in [2.24, 2.45) is 0 Å². The van der Waals surface area contributed by atoms with E-state index in [-0.39, 0.29) is 11.8 Å². The molecule has 1 spiro atoms. The van der Waals surface area contributed by atoms with E-state index in [4.69, 9.17) is 16.3 Å². The Morgan fingerprint density at radius 3 is 2.71 bits per heavy atom. The van der Waals surface area contributed by atoms with Crippen molar-refractivity contribution in [3.8, 4) is 5.75 Å². The molecule has 8 heteroatoms. The molecule has 0 radical (unpaired) electrons. The number of nitrogens with zero attached hydrogens (tertiary/aromatic N) is 1. The normalized spacial score (nSPS) is 24.4. The van der Waals surface area contributed by atoms with E-state index in [0.29, 0.717) is 43.1 Å². The fourth-order valence-electron chi connectivity index (χ4n) is 3.55. The zero-order valence-electron chi connectivity index (χ0n) is 12.8. The van der Waals surface area contributed by atoms with Gasteiger partial charge in [-0.15, -0.1) is 0 Å². The molecule has 0 saturated carbocycles. The number of urea groups is 1. The van der Waals surface area contributed by atoms with Crippen molar-refractivity contribution < 1.29 is 19.1 Å². The smallest absolute Gasteiger partial charge is 0.322 e. The second kappa shape index (κ2) is 5.37. The Morgan fingerprint density at radius 1 is 1.29 bits per heavy atom. The molecular formula is C16H16ClN3O4. The number of benzene rings is 1. The Labute approximate surface area is 143 Å². The van der Waals surface area contributed by atoms with Crippen LogP contribution in [0, 0.1) is 0 Å². The number of fused-ring (bicyclic) bond motifs is 1. The number of piperidine rings is 1. The Hall–Kier alpha value is -2.28. The summed E-state index contributed by atoms with van der Waals surface area (Å²) in [6.07, 6.45) is 0.747. The third-order valence-corrected chi connectivity index (χ3v) is 5.15. The van der Waals surface area contributed by atoms with Crippen LogP contribution < -0.4 is 15.4 Å². The van der Waals surface area contributed by atoms with Crippen LogP contribution in [-0.2, 0) is 16.0 Å². The minimum absolute atomic E-state index is 0.0955. The number of nitrogens with one attached hydrogen (secondary N) is 2. The number of carbonyl (C=O) groups excluding carboxylic acids is 3. The highest BCUT2D eigenvalue weighted by Gasteiger charge is 2.49. The number of likely N-dealkylation sites (tertiary alicyclic amines) is 1. The fourth-order valence-corrected chi connectivity index (χ4v) is 3.74. The average molecular weight is 350 g/mol. The summed E-state index contributed by atoms with van der Waals surface area (Å²) in [5.41, 5.74) is 0.0534. The maximum Gasteiger partial charge on any atom is 0.322 e. The molecule has 3 aliphatic heterocycles. The quantitative estimate of drug-likeness (QED) is 0.736. The summed E-state index contributed by atoms with van der Waals surface area (Å²) in [6, 6.07) is 4.85. The molecule has 3 aliphatic rings. The van der Waals surface area contributed by atoms with E-state index in [9.17, 15) is 14.4 Å². The summed E-state index contributed by atoms with van der Waals surface area (Å²) in [5.74, 6) is 0.286. The molecule has 0 bridgehead atoms. The van der Waals surface area contributed by atoms with E-state index >= 15 is 0 Å². The summed E-state index contributed by atoms with van der Waals surface area (Å²) in [7, 11) is 0. The number of hydrogen-bond acceptors (Lipinski definition) is 4. The number of ether oxygens (including phenoxy) is 1. The van der Waals surface area contributed by atoms with Gasteiger partial charge in [0.05, 0.1) is 0 Å². The third-order valence-electron chi connectivity index (χ3n) is 4.92. The molecule has 0 aromatic heterocycles. The van der Waals surface area contributed by atoms with Gasteiger partial charge in [-0.25, -0.2) is 4.79 Å². The average Bonchev–Trinajstić information content (AvgIpc) is 3.08. The van der Waals surface area contributed by atoms with Crippen molar-refractivity contribution in [3.63, 3.8) is 0 Å². The highest BCUT2D eigenvalue weighted by atomic mass is 35.5. The molecule has 1 aromatic rings. The number of amides is 4. The van der Waals surface area contributed by atoms with Gasteiger partial charge in [0.25, 0.3) is 11.8 Å². The first-order valence-corrected chi connectivity index (χ1v) is 8.22. The van der Waals surface area contributed by atoms with Gasteiger partial charge in [0.15, 0.2) is 6.10 Å². The highest BCUT2D eigenvalue weighted by molar-refractivity contribution is 6.30. The molecule has 2 fully saturated rings. The number of hydrogen-bond donors (Lipinski definition) is 2. The van der Waals surface area contributed by atoms with Gasteiger partial charge >= 0.3 is 6.03 Å². The van der Waals surface area contributed by atoms with E-state index in [2.05, 4.69) is 10.6 Å². The van der Waals surface area contributed by atoms with E-state index in [1.54, 1.807) is 17.0 Å². The Kier molecular flexibility index (Phi) is 3.42. The zero-order valence-corrected chi connectivity index (χ0v) is 13.6. The van der Waals surface area contributed by atoms with Gasteiger partial charge in [0.1, 0.15) is 11.3 Å². The Bertz CT molecular complexity index is 743. The first-order chi connectivity index (χ1) is 11.5. The molecule has 4 rings (SSSR count). The molecule has 1 atom stereocenters. The lowest BCUT2D eigenvalue weighted by Crippen LogP contribution is -2.57. The minimum Gasteiger partial charge on any atom is -0.480 e. The van der Waals surface area contributed by atoms with Gasteiger partial charge in [0.2, 0.25) is 0 Å². The molecule has 24 heavy (non-hydrogen) atoms. The lowest BCUT2D eigenvalue weighted by Gasteiger charge is -2.37. The van der Waals surface area contributed by atoms with Crippen LogP contribution in [0.1, 0.15) is 18.4 Å². The van der Waals surface area contributed by atoms with Crippen molar-refractivity contribution in [1.82, 2.24) is 15.5 Å². The van der Waals surface area contributed by atoms with Crippen molar-refractivity contribution in [2.45, 2.75) is 30.9 Å². The predicted molar refractivity (Wildman–Crippen MR) is 84.8 cm³/mol. The molecule has 2 saturated heterocycles. The van der Waals surface area contributed by atoms with E-state index in [0.717, 1.165) is 5.56 Å². The fraction of sp³-hybridized carbons (Fsp3) is 0.438. The second-order valence-electron chi connectivity index (χ2n) is 6.38. The molecule has 7 nitrogen and oxygen atoms in total. The van der Waals surface area contributed by atoms with Gasteiger partial charge in [-0.3, -0.25) is 14.9 Å². The number of carbonyl (C=O) groups is 3. The Morgan fingerprint density at radius 2 is 2.04 bits per heavy atom. The molecule has 1 aromatic carbocycles. The molecule has 0 unspecified atom stereocenters. The van der Waals surface area contributed by atoms with Crippen LogP contribution in [-0.4, -0.2) is 47.5 Å². The molecule has 0 aliphatic carbocycles. The van der Waals surface area contributed by atoms with Gasteiger partial charge in [-0.2, -0.15) is 0 Å². The molecule has 4 amide bonds. The van der Waals surface area contributed by atoms with Crippen LogP contribution in [0.2, 0.25) is 5.02 Å². The number of imide groups is 1. The summed E-state index contributed by atoms with van der Waals surface area (Å²) >= 11 is 5.97. The van der Waals surface area contributed by atoms with Gasteiger partial charge in [0, 0.05) is 24.5 Å². The summed E-state index contributed by atoms with van der Waals surface area (Å²) < 4.78 is 5.73. The van der Waals surface area contributed by atoms with E-state index < -0.39 is 17.7 Å². The largest absolute Gasteiger partial charge is 0.480 e. The Balaban J connectivity index is 1.41. The first kappa shape index (κ1) is 15.3. The summed E-state index contributed by atoms with van der Waals surface area (Å²) in [6.45, 7) is 0.812. The zero-order chi connectivity index (χ0) is 16.9. The van der Waals surface area contributed by atoms with Crippen LogP contribution in [0.4, 0.5) is 4.79 Å². The molecule has 3 heterocycles. The number of rotatable bonds is 1. The van der Waals surface area contributed by atoms with E-state index in [1.165, 1.54) is 0 Å². The standard InChI is InChI=1S/C16H16ClN3O4/c17-10-1-2-11-9(7-10)8-12(24-11)13(21)20-5-3-16(4-6-20)14(22)18-15(23)19-16/h1-2,7,12H,3-6,8H2,(H2,18,19,22,23)/t12-/m0/s1. The van der Waals surface area contributed by atoms with Crippen LogP contribution in [0.15, 0.2) is 18.2 Å². The topological polar surface area (TPSA) is 87.7 Å². The van der Waals surface area contributed by atoms with Crippen molar-refractivity contribution in [1.29, 1.82) is 0 Å². The maximum atomic E-state index is 12.7. The minimum atomic E-state index is -0.874. The van der Waals surface area contributed by atoms with Crippen LogP contribution >= 0.6 is 11.6 Å². The highest BCUT2D eigenvalue weighted by Crippen LogP contribution is 2.33. The van der Waals surface area contributed by atoms with Crippen molar-refractivity contribution >= 4 is 29.4 Å². The summed E-state index contributed by atoms with van der Waals surface area (Å²) in [4.78, 5) is 37.7.